The summed E-state index contributed by atoms with van der Waals surface area (Å²) in [5.41, 5.74) is 2.84. The molecule has 21 heavy (non-hydrogen) atoms. The molecule has 1 unspecified atom stereocenters. The van der Waals surface area contributed by atoms with Crippen molar-refractivity contribution in [2.45, 2.75) is 51.4 Å². The molecule has 1 aromatic rings. The van der Waals surface area contributed by atoms with Gasteiger partial charge in [0.25, 0.3) is 0 Å². The van der Waals surface area contributed by atoms with E-state index in [0.29, 0.717) is 6.04 Å². The van der Waals surface area contributed by atoms with Crippen molar-refractivity contribution >= 4 is 0 Å². The highest BCUT2D eigenvalue weighted by atomic mass is 16.5. The molecule has 3 rings (SSSR count). The molecule has 1 aromatic carbocycles. The highest BCUT2D eigenvalue weighted by Gasteiger charge is 2.39. The van der Waals surface area contributed by atoms with Gasteiger partial charge in [0.1, 0.15) is 0 Å². The zero-order chi connectivity index (χ0) is 15.1. The zero-order valence-corrected chi connectivity index (χ0v) is 13.8. The Bertz CT molecular complexity index is 494. The van der Waals surface area contributed by atoms with Gasteiger partial charge in [-0.3, -0.25) is 4.90 Å². The Morgan fingerprint density at radius 3 is 2.52 bits per heavy atom. The number of nitrogens with zero attached hydrogens (tertiary/aromatic N) is 1. The second-order valence-electron chi connectivity index (χ2n) is 7.75. The van der Waals surface area contributed by atoms with Gasteiger partial charge < -0.3 is 10.1 Å². The summed E-state index contributed by atoms with van der Waals surface area (Å²) in [4.78, 5) is 2.56. The van der Waals surface area contributed by atoms with Crippen molar-refractivity contribution in [1.29, 1.82) is 0 Å². The summed E-state index contributed by atoms with van der Waals surface area (Å²) >= 11 is 0. The van der Waals surface area contributed by atoms with E-state index in [1.54, 1.807) is 0 Å². The molecule has 2 aliphatic heterocycles. The van der Waals surface area contributed by atoms with Gasteiger partial charge in [0, 0.05) is 25.7 Å². The first-order chi connectivity index (χ1) is 9.85. The molecule has 1 N–H and O–H groups in total. The van der Waals surface area contributed by atoms with E-state index < -0.39 is 0 Å². The van der Waals surface area contributed by atoms with Crippen LogP contribution in [0.4, 0.5) is 0 Å². The standard InChI is InChI=1S/C18H28N2O/c1-17(2)12-20(13-18(3,4)21-17)11-16-15-8-6-5-7-14(15)9-10-19-16/h5-8,16,19H,9-13H2,1-4H3. The smallest absolute Gasteiger partial charge is 0.0760 e. The molecule has 2 aliphatic rings. The van der Waals surface area contributed by atoms with Crippen LogP contribution < -0.4 is 5.32 Å². The van der Waals surface area contributed by atoms with E-state index in [4.69, 9.17) is 4.74 Å². The number of nitrogens with one attached hydrogen (secondary N) is 1. The van der Waals surface area contributed by atoms with E-state index in [1.807, 2.05) is 0 Å². The van der Waals surface area contributed by atoms with Crippen LogP contribution in [0.2, 0.25) is 0 Å². The third-order valence-corrected chi connectivity index (χ3v) is 4.42. The van der Waals surface area contributed by atoms with Gasteiger partial charge in [-0.25, -0.2) is 0 Å². The summed E-state index contributed by atoms with van der Waals surface area (Å²) in [6, 6.07) is 9.31. The summed E-state index contributed by atoms with van der Waals surface area (Å²) in [6.07, 6.45) is 1.15. The number of hydrogen-bond acceptors (Lipinski definition) is 3. The topological polar surface area (TPSA) is 24.5 Å². The third-order valence-electron chi connectivity index (χ3n) is 4.42. The van der Waals surface area contributed by atoms with Crippen LogP contribution in [0.25, 0.3) is 0 Å². The second kappa shape index (κ2) is 5.38. The molecule has 0 aliphatic carbocycles. The van der Waals surface area contributed by atoms with Crippen LogP contribution in [-0.4, -0.2) is 42.3 Å². The largest absolute Gasteiger partial charge is 0.367 e. The monoisotopic (exact) mass is 288 g/mol. The molecule has 0 spiro atoms. The molecule has 1 atom stereocenters. The number of hydrogen-bond donors (Lipinski definition) is 1. The van der Waals surface area contributed by atoms with E-state index in [0.717, 1.165) is 32.6 Å². The van der Waals surface area contributed by atoms with Crippen LogP contribution in [0, 0.1) is 0 Å². The van der Waals surface area contributed by atoms with Gasteiger partial charge in [-0.05, 0) is 51.8 Å². The molecular formula is C18H28N2O. The fraction of sp³-hybridized carbons (Fsp3) is 0.667. The molecule has 2 heterocycles. The van der Waals surface area contributed by atoms with Gasteiger partial charge in [-0.15, -0.1) is 0 Å². The maximum absolute atomic E-state index is 6.19. The average molecular weight is 288 g/mol. The summed E-state index contributed by atoms with van der Waals surface area (Å²) in [5.74, 6) is 0. The Labute approximate surface area is 128 Å². The maximum Gasteiger partial charge on any atom is 0.0760 e. The van der Waals surface area contributed by atoms with Crippen molar-refractivity contribution in [3.63, 3.8) is 0 Å². The highest BCUT2D eigenvalue weighted by Crippen LogP contribution is 2.30. The molecule has 116 valence electrons. The van der Waals surface area contributed by atoms with Crippen LogP contribution in [0.15, 0.2) is 24.3 Å². The Hall–Kier alpha value is -0.900. The Morgan fingerprint density at radius 1 is 1.14 bits per heavy atom. The molecular weight excluding hydrogens is 260 g/mol. The number of morpholine rings is 1. The molecule has 1 saturated heterocycles. The molecule has 1 fully saturated rings. The maximum atomic E-state index is 6.19. The van der Waals surface area contributed by atoms with Gasteiger partial charge in [0.15, 0.2) is 0 Å². The lowest BCUT2D eigenvalue weighted by Crippen LogP contribution is -2.58. The minimum atomic E-state index is -0.0735. The lowest BCUT2D eigenvalue weighted by atomic mass is 9.92. The Morgan fingerprint density at radius 2 is 1.81 bits per heavy atom. The average Bonchev–Trinajstić information content (AvgIpc) is 2.35. The van der Waals surface area contributed by atoms with Gasteiger partial charge in [0.2, 0.25) is 0 Å². The van der Waals surface area contributed by atoms with Crippen molar-refractivity contribution in [2.75, 3.05) is 26.2 Å². The number of ether oxygens (including phenoxy) is 1. The zero-order valence-electron chi connectivity index (χ0n) is 13.8. The van der Waals surface area contributed by atoms with Crippen molar-refractivity contribution in [1.82, 2.24) is 10.2 Å². The lowest BCUT2D eigenvalue weighted by molar-refractivity contribution is -0.181. The number of benzene rings is 1. The van der Waals surface area contributed by atoms with Crippen LogP contribution >= 0.6 is 0 Å². The Balaban J connectivity index is 1.75. The van der Waals surface area contributed by atoms with Crippen LogP contribution in [-0.2, 0) is 11.2 Å². The number of fused-ring (bicyclic) bond motifs is 1. The van der Waals surface area contributed by atoms with Crippen LogP contribution in [0.5, 0.6) is 0 Å². The summed E-state index contributed by atoms with van der Waals surface area (Å²) < 4.78 is 6.19. The van der Waals surface area contributed by atoms with Crippen LogP contribution in [0.3, 0.4) is 0 Å². The summed E-state index contributed by atoms with van der Waals surface area (Å²) in [7, 11) is 0. The highest BCUT2D eigenvalue weighted by molar-refractivity contribution is 5.32. The van der Waals surface area contributed by atoms with E-state index in [9.17, 15) is 0 Å². The first-order valence-electron chi connectivity index (χ1n) is 8.08. The quantitative estimate of drug-likeness (QED) is 0.905. The fourth-order valence-corrected chi connectivity index (χ4v) is 4.09. The SMILES string of the molecule is CC1(C)CN(CC2NCCc3ccccc32)CC(C)(C)O1. The Kier molecular flexibility index (Phi) is 3.85. The van der Waals surface area contributed by atoms with E-state index in [2.05, 4.69) is 62.2 Å². The minimum absolute atomic E-state index is 0.0735. The third kappa shape index (κ3) is 3.47. The number of rotatable bonds is 2. The normalized spacial score (nSPS) is 28.1. The summed E-state index contributed by atoms with van der Waals surface area (Å²) in [6.45, 7) is 12.9. The molecule has 0 amide bonds. The van der Waals surface area contributed by atoms with E-state index >= 15 is 0 Å². The summed E-state index contributed by atoms with van der Waals surface area (Å²) in [5, 5.41) is 3.69. The van der Waals surface area contributed by atoms with Crippen molar-refractivity contribution in [3.05, 3.63) is 35.4 Å². The van der Waals surface area contributed by atoms with E-state index in [1.165, 1.54) is 11.1 Å². The molecule has 3 heteroatoms. The molecule has 0 bridgehead atoms. The minimum Gasteiger partial charge on any atom is -0.367 e. The van der Waals surface area contributed by atoms with E-state index in [-0.39, 0.29) is 11.2 Å². The van der Waals surface area contributed by atoms with Gasteiger partial charge in [-0.2, -0.15) is 0 Å². The molecule has 0 saturated carbocycles. The van der Waals surface area contributed by atoms with Crippen molar-refractivity contribution in [2.24, 2.45) is 0 Å². The first-order valence-corrected chi connectivity index (χ1v) is 8.08. The molecule has 0 radical (unpaired) electrons. The van der Waals surface area contributed by atoms with Gasteiger partial charge >= 0.3 is 0 Å². The predicted octanol–water partition coefficient (Wildman–Crippen LogP) is 2.76. The molecule has 3 nitrogen and oxygen atoms in total. The van der Waals surface area contributed by atoms with Crippen LogP contribution in [0.1, 0.15) is 44.9 Å². The van der Waals surface area contributed by atoms with Gasteiger partial charge in [0.05, 0.1) is 11.2 Å². The lowest BCUT2D eigenvalue weighted by Gasteiger charge is -2.48. The van der Waals surface area contributed by atoms with Crippen molar-refractivity contribution < 1.29 is 4.74 Å². The fourth-order valence-electron chi connectivity index (χ4n) is 4.09. The van der Waals surface area contributed by atoms with Crippen molar-refractivity contribution in [3.8, 4) is 0 Å². The van der Waals surface area contributed by atoms with Gasteiger partial charge in [-0.1, -0.05) is 24.3 Å². The predicted molar refractivity (Wildman–Crippen MR) is 86.6 cm³/mol. The first kappa shape index (κ1) is 15.0. The molecule has 0 aromatic heterocycles. The second-order valence-corrected chi connectivity index (χ2v) is 7.75.